The van der Waals surface area contributed by atoms with Crippen LogP contribution in [0.4, 0.5) is 5.69 Å². The van der Waals surface area contributed by atoms with E-state index >= 15 is 0 Å². The maximum Gasteiger partial charge on any atom is 0.371 e. The van der Waals surface area contributed by atoms with Crippen molar-refractivity contribution in [1.82, 2.24) is 0 Å². The summed E-state index contributed by atoms with van der Waals surface area (Å²) in [5.41, 5.74) is 2.09. The van der Waals surface area contributed by atoms with E-state index in [4.69, 9.17) is 14.6 Å². The minimum atomic E-state index is -1.07. The van der Waals surface area contributed by atoms with Crippen LogP contribution in [0.2, 0.25) is 0 Å². The second-order valence-electron chi connectivity index (χ2n) is 4.45. The Morgan fingerprint density at radius 2 is 2.10 bits per heavy atom. The average molecular weight is 275 g/mol. The number of aliphatic hydroxyl groups is 1. The van der Waals surface area contributed by atoms with Gasteiger partial charge >= 0.3 is 5.97 Å². The molecule has 0 unspecified atom stereocenters. The van der Waals surface area contributed by atoms with Crippen LogP contribution in [0.15, 0.2) is 40.8 Å². The number of hydrogen-bond donors (Lipinski definition) is 3. The van der Waals surface area contributed by atoms with Crippen molar-refractivity contribution < 1.29 is 19.4 Å². The summed E-state index contributed by atoms with van der Waals surface area (Å²) in [5.74, 6) is -0.552. The van der Waals surface area contributed by atoms with Gasteiger partial charge in [0.05, 0.1) is 6.54 Å². The molecule has 106 valence electrons. The fraction of sp³-hybridized carbons (Fsp3) is 0.267. The molecule has 0 saturated heterocycles. The summed E-state index contributed by atoms with van der Waals surface area (Å²) < 4.78 is 5.17. The average Bonchev–Trinajstić information content (AvgIpc) is 2.92. The molecule has 3 N–H and O–H groups in total. The Morgan fingerprint density at radius 3 is 2.80 bits per heavy atom. The molecule has 0 saturated carbocycles. The van der Waals surface area contributed by atoms with Crippen molar-refractivity contribution in [3.05, 3.63) is 53.5 Å². The summed E-state index contributed by atoms with van der Waals surface area (Å²) in [4.78, 5) is 10.7. The van der Waals surface area contributed by atoms with Gasteiger partial charge in [0.1, 0.15) is 5.76 Å². The van der Waals surface area contributed by atoms with Crippen molar-refractivity contribution in [3.8, 4) is 0 Å². The monoisotopic (exact) mass is 275 g/mol. The Kier molecular flexibility index (Phi) is 4.79. The Bertz CT molecular complexity index is 577. The summed E-state index contributed by atoms with van der Waals surface area (Å²) in [7, 11) is 0. The number of rotatable bonds is 7. The van der Waals surface area contributed by atoms with Crippen molar-refractivity contribution in [3.63, 3.8) is 0 Å². The predicted octanol–water partition coefficient (Wildman–Crippen LogP) is 2.51. The van der Waals surface area contributed by atoms with E-state index in [-0.39, 0.29) is 12.4 Å². The number of aryl methyl sites for hydroxylation is 1. The molecule has 1 aromatic carbocycles. The van der Waals surface area contributed by atoms with Crippen LogP contribution in [-0.4, -0.2) is 22.8 Å². The zero-order chi connectivity index (χ0) is 14.4. The third-order valence-electron chi connectivity index (χ3n) is 2.89. The molecule has 1 aromatic heterocycles. The van der Waals surface area contributed by atoms with Crippen molar-refractivity contribution in [1.29, 1.82) is 0 Å². The van der Waals surface area contributed by atoms with Crippen molar-refractivity contribution in [2.75, 3.05) is 11.9 Å². The van der Waals surface area contributed by atoms with Gasteiger partial charge in [-0.25, -0.2) is 4.79 Å². The van der Waals surface area contributed by atoms with Gasteiger partial charge in [-0.2, -0.15) is 0 Å². The fourth-order valence-corrected chi connectivity index (χ4v) is 1.90. The first-order valence-corrected chi connectivity index (χ1v) is 6.44. The number of benzene rings is 1. The third-order valence-corrected chi connectivity index (χ3v) is 2.89. The Morgan fingerprint density at radius 1 is 1.25 bits per heavy atom. The highest BCUT2D eigenvalue weighted by Crippen LogP contribution is 2.15. The van der Waals surface area contributed by atoms with Gasteiger partial charge in [0, 0.05) is 12.3 Å². The van der Waals surface area contributed by atoms with Gasteiger partial charge in [-0.3, -0.25) is 0 Å². The van der Waals surface area contributed by atoms with Gasteiger partial charge in [0.15, 0.2) is 0 Å². The minimum absolute atomic E-state index is 0.0569. The minimum Gasteiger partial charge on any atom is -0.475 e. The molecule has 0 aliphatic heterocycles. The zero-order valence-corrected chi connectivity index (χ0v) is 11.0. The highest BCUT2D eigenvalue weighted by atomic mass is 16.4. The molecule has 5 nitrogen and oxygen atoms in total. The maximum absolute atomic E-state index is 10.7. The topological polar surface area (TPSA) is 82.7 Å². The number of nitrogens with one attached hydrogen (secondary N) is 1. The van der Waals surface area contributed by atoms with Crippen molar-refractivity contribution in [2.45, 2.75) is 19.4 Å². The number of carbonyl (C=O) groups is 1. The van der Waals surface area contributed by atoms with Gasteiger partial charge in [-0.15, -0.1) is 0 Å². The quantitative estimate of drug-likeness (QED) is 0.723. The van der Waals surface area contributed by atoms with E-state index in [1.807, 2.05) is 24.3 Å². The molecule has 20 heavy (non-hydrogen) atoms. The molecule has 0 atom stereocenters. The van der Waals surface area contributed by atoms with Gasteiger partial charge < -0.3 is 19.9 Å². The first kappa shape index (κ1) is 14.1. The Hall–Kier alpha value is -2.27. The second-order valence-corrected chi connectivity index (χ2v) is 4.45. The molecule has 0 radical (unpaired) electrons. The molecular weight excluding hydrogens is 258 g/mol. The molecule has 1 heterocycles. The highest BCUT2D eigenvalue weighted by Gasteiger charge is 2.08. The molecule has 0 bridgehead atoms. The molecule has 2 aromatic rings. The van der Waals surface area contributed by atoms with Crippen LogP contribution in [0.25, 0.3) is 0 Å². The summed E-state index contributed by atoms with van der Waals surface area (Å²) in [6, 6.07) is 11.0. The van der Waals surface area contributed by atoms with E-state index in [0.717, 1.165) is 24.1 Å². The summed E-state index contributed by atoms with van der Waals surface area (Å²) in [6.45, 7) is 0.610. The SMILES string of the molecule is O=C(O)c1ccc(CNc2cccc(CCCO)c2)o1. The highest BCUT2D eigenvalue weighted by molar-refractivity contribution is 5.84. The summed E-state index contributed by atoms with van der Waals surface area (Å²) in [5, 5.41) is 20.8. The van der Waals surface area contributed by atoms with Gasteiger partial charge in [-0.1, -0.05) is 12.1 Å². The van der Waals surface area contributed by atoms with E-state index in [1.54, 1.807) is 6.07 Å². The third kappa shape index (κ3) is 3.86. The molecule has 5 heteroatoms. The van der Waals surface area contributed by atoms with Crippen LogP contribution < -0.4 is 5.32 Å². The van der Waals surface area contributed by atoms with E-state index in [2.05, 4.69) is 5.32 Å². The first-order valence-electron chi connectivity index (χ1n) is 6.44. The number of carboxylic acid groups (broad SMARTS) is 1. The number of anilines is 1. The predicted molar refractivity (Wildman–Crippen MR) is 74.8 cm³/mol. The van der Waals surface area contributed by atoms with Crippen molar-refractivity contribution in [2.24, 2.45) is 0 Å². The maximum atomic E-state index is 10.7. The number of aromatic carboxylic acids is 1. The Labute approximate surface area is 116 Å². The zero-order valence-electron chi connectivity index (χ0n) is 11.0. The van der Waals surface area contributed by atoms with E-state index in [0.29, 0.717) is 12.3 Å². The van der Waals surface area contributed by atoms with E-state index < -0.39 is 5.97 Å². The summed E-state index contributed by atoms with van der Waals surface area (Å²) in [6.07, 6.45) is 1.57. The second kappa shape index (κ2) is 6.77. The fourth-order valence-electron chi connectivity index (χ4n) is 1.90. The molecule has 0 fully saturated rings. The molecule has 0 aliphatic carbocycles. The van der Waals surface area contributed by atoms with Crippen molar-refractivity contribution >= 4 is 11.7 Å². The Balaban J connectivity index is 1.94. The van der Waals surface area contributed by atoms with Crippen LogP contribution in [-0.2, 0) is 13.0 Å². The largest absolute Gasteiger partial charge is 0.475 e. The lowest BCUT2D eigenvalue weighted by Gasteiger charge is -2.07. The molecule has 0 amide bonds. The lowest BCUT2D eigenvalue weighted by molar-refractivity contribution is 0.0660. The van der Waals surface area contributed by atoms with E-state index in [9.17, 15) is 4.79 Å². The first-order chi connectivity index (χ1) is 9.69. The summed E-state index contributed by atoms with van der Waals surface area (Å²) >= 11 is 0. The number of aliphatic hydroxyl groups excluding tert-OH is 1. The van der Waals surface area contributed by atoms with Crippen LogP contribution in [0.3, 0.4) is 0 Å². The van der Waals surface area contributed by atoms with Gasteiger partial charge in [0.2, 0.25) is 5.76 Å². The number of carboxylic acids is 1. The van der Waals surface area contributed by atoms with Crippen LogP contribution in [0.1, 0.15) is 28.3 Å². The van der Waals surface area contributed by atoms with Crippen LogP contribution >= 0.6 is 0 Å². The standard InChI is InChI=1S/C15H17NO4/c17-8-2-4-11-3-1-5-12(9-11)16-10-13-6-7-14(20-13)15(18)19/h1,3,5-7,9,16-17H,2,4,8,10H2,(H,18,19). The number of furan rings is 1. The molecule has 0 aliphatic rings. The van der Waals surface area contributed by atoms with Crippen LogP contribution in [0.5, 0.6) is 0 Å². The molecular formula is C15H17NO4. The van der Waals surface area contributed by atoms with Gasteiger partial charge in [0.25, 0.3) is 0 Å². The van der Waals surface area contributed by atoms with Gasteiger partial charge in [-0.05, 0) is 42.7 Å². The normalized spacial score (nSPS) is 10.4. The van der Waals surface area contributed by atoms with E-state index in [1.165, 1.54) is 6.07 Å². The lowest BCUT2D eigenvalue weighted by atomic mass is 10.1. The smallest absolute Gasteiger partial charge is 0.371 e. The molecule has 0 spiro atoms. The number of hydrogen-bond acceptors (Lipinski definition) is 4. The lowest BCUT2D eigenvalue weighted by Crippen LogP contribution is -1.99. The van der Waals surface area contributed by atoms with Crippen LogP contribution in [0, 0.1) is 0 Å². The molecule has 2 rings (SSSR count).